The van der Waals surface area contributed by atoms with Crippen LogP contribution >= 0.6 is 34.2 Å². The fourth-order valence-electron chi connectivity index (χ4n) is 3.19. The molecule has 0 aliphatic carbocycles. The maximum atomic E-state index is 12.8. The van der Waals surface area contributed by atoms with E-state index in [-0.39, 0.29) is 11.9 Å². The van der Waals surface area contributed by atoms with Crippen molar-refractivity contribution in [2.24, 2.45) is 0 Å². The van der Waals surface area contributed by atoms with Crippen molar-refractivity contribution in [3.05, 3.63) is 44.5 Å². The van der Waals surface area contributed by atoms with Crippen molar-refractivity contribution >= 4 is 40.1 Å². The Kier molecular flexibility index (Phi) is 2.82. The molecule has 1 aromatic carbocycles. The van der Waals surface area contributed by atoms with E-state index in [0.29, 0.717) is 10.6 Å². The van der Waals surface area contributed by atoms with E-state index in [2.05, 4.69) is 27.6 Å². The highest BCUT2D eigenvalue weighted by Gasteiger charge is 2.39. The second-order valence-electron chi connectivity index (χ2n) is 5.08. The zero-order valence-corrected chi connectivity index (χ0v) is 13.4. The number of benzene rings is 1. The summed E-state index contributed by atoms with van der Waals surface area (Å²) in [6.45, 7) is 0.787. The first-order valence-corrected chi connectivity index (χ1v) is 7.96. The van der Waals surface area contributed by atoms with Crippen LogP contribution < -0.4 is 0 Å². The summed E-state index contributed by atoms with van der Waals surface area (Å²) in [5, 5.41) is 0.509. The van der Waals surface area contributed by atoms with Crippen molar-refractivity contribution in [1.29, 1.82) is 0 Å². The van der Waals surface area contributed by atoms with Crippen molar-refractivity contribution in [2.45, 2.75) is 18.9 Å². The summed E-state index contributed by atoms with van der Waals surface area (Å²) in [6.07, 6.45) is 3.80. The van der Waals surface area contributed by atoms with Gasteiger partial charge in [0.15, 0.2) is 0 Å². The number of aromatic nitrogens is 2. The molecule has 3 heterocycles. The van der Waals surface area contributed by atoms with Crippen molar-refractivity contribution in [2.75, 3.05) is 6.54 Å². The fourth-order valence-corrected chi connectivity index (χ4v) is 4.18. The van der Waals surface area contributed by atoms with Crippen LogP contribution in [0, 0.1) is 3.70 Å². The topological polar surface area (TPSA) is 38.1 Å². The minimum Gasteiger partial charge on any atom is -0.330 e. The molecular weight excluding hydrogens is 389 g/mol. The first-order chi connectivity index (χ1) is 9.68. The Morgan fingerprint density at radius 1 is 1.40 bits per heavy atom. The molecule has 102 valence electrons. The molecule has 1 fully saturated rings. The molecule has 20 heavy (non-hydrogen) atoms. The molecule has 1 saturated heterocycles. The third kappa shape index (κ3) is 1.59. The van der Waals surface area contributed by atoms with Gasteiger partial charge in [-0.15, -0.1) is 0 Å². The number of amides is 1. The van der Waals surface area contributed by atoms with Crippen LogP contribution in [0.1, 0.15) is 34.9 Å². The maximum Gasteiger partial charge on any atom is 0.258 e. The molecular formula is C14H11ClIN3O. The molecule has 0 bridgehead atoms. The molecule has 0 N–H and O–H groups in total. The highest BCUT2D eigenvalue weighted by Crippen LogP contribution is 2.41. The second-order valence-corrected chi connectivity index (χ2v) is 6.51. The zero-order chi connectivity index (χ0) is 13.9. The number of nitrogens with zero attached hydrogens (tertiary/aromatic N) is 3. The maximum absolute atomic E-state index is 12.8. The number of rotatable bonds is 0. The first-order valence-electron chi connectivity index (χ1n) is 6.51. The number of carbonyl (C=O) groups is 1. The van der Waals surface area contributed by atoms with E-state index in [9.17, 15) is 4.79 Å². The molecule has 0 spiro atoms. The summed E-state index contributed by atoms with van der Waals surface area (Å²) in [6, 6.07) is 5.70. The van der Waals surface area contributed by atoms with Gasteiger partial charge in [-0.25, -0.2) is 4.98 Å². The summed E-state index contributed by atoms with van der Waals surface area (Å²) in [5.41, 5.74) is 2.54. The van der Waals surface area contributed by atoms with Crippen LogP contribution in [0.3, 0.4) is 0 Å². The van der Waals surface area contributed by atoms with Gasteiger partial charge in [-0.2, -0.15) is 0 Å². The Labute approximate surface area is 134 Å². The van der Waals surface area contributed by atoms with Crippen LogP contribution in [-0.4, -0.2) is 26.9 Å². The van der Waals surface area contributed by atoms with Gasteiger partial charge in [-0.1, -0.05) is 17.7 Å². The Bertz CT molecular complexity index is 727. The van der Waals surface area contributed by atoms with Gasteiger partial charge in [0, 0.05) is 6.54 Å². The van der Waals surface area contributed by atoms with Gasteiger partial charge >= 0.3 is 0 Å². The number of hydrogen-bond donors (Lipinski definition) is 0. The van der Waals surface area contributed by atoms with E-state index in [0.717, 1.165) is 34.5 Å². The molecule has 2 aliphatic rings. The molecule has 6 heteroatoms. The fraction of sp³-hybridized carbons (Fsp3) is 0.286. The van der Waals surface area contributed by atoms with Crippen molar-refractivity contribution in [1.82, 2.24) is 14.5 Å². The Hall–Kier alpha value is -1.08. The normalized spacial score (nSPS) is 20.4. The molecule has 1 amide bonds. The highest BCUT2D eigenvalue weighted by atomic mass is 127. The number of halogens is 2. The van der Waals surface area contributed by atoms with E-state index in [1.54, 1.807) is 12.4 Å². The molecule has 1 aromatic heterocycles. The van der Waals surface area contributed by atoms with E-state index in [1.807, 2.05) is 21.6 Å². The van der Waals surface area contributed by atoms with Crippen LogP contribution in [0.2, 0.25) is 5.02 Å². The van der Waals surface area contributed by atoms with Crippen LogP contribution in [0.15, 0.2) is 24.5 Å². The third-order valence-electron chi connectivity index (χ3n) is 4.05. The number of hydrogen-bond acceptors (Lipinski definition) is 2. The van der Waals surface area contributed by atoms with Gasteiger partial charge in [0.25, 0.3) is 5.91 Å². The van der Waals surface area contributed by atoms with Gasteiger partial charge in [0.2, 0.25) is 0 Å². The zero-order valence-electron chi connectivity index (χ0n) is 10.5. The van der Waals surface area contributed by atoms with Gasteiger partial charge in [-0.05, 0) is 47.6 Å². The lowest BCUT2D eigenvalue weighted by molar-refractivity contribution is 0.0738. The van der Waals surface area contributed by atoms with Gasteiger partial charge in [0.1, 0.15) is 10.0 Å². The number of carbonyl (C=O) groups excluding carboxylic acids is 1. The Balaban J connectivity index is 2.08. The van der Waals surface area contributed by atoms with E-state index >= 15 is 0 Å². The van der Waals surface area contributed by atoms with Crippen LogP contribution in [0.25, 0.3) is 5.69 Å². The van der Waals surface area contributed by atoms with Crippen molar-refractivity contribution in [3.63, 3.8) is 0 Å². The molecule has 4 nitrogen and oxygen atoms in total. The average Bonchev–Trinajstić information content (AvgIpc) is 3.01. The standard InChI is InChI=1S/C14H11ClIN3O/c15-8-3-1-4-9-11(8)14(20)18-6-2-5-10(18)12-13(16)17-7-19(9)12/h1,3-4,7,10H,2,5-6H2/t10-/m0/s1. The summed E-state index contributed by atoms with van der Waals surface area (Å²) in [7, 11) is 0. The number of imidazole rings is 1. The van der Waals surface area contributed by atoms with Crippen LogP contribution in [-0.2, 0) is 0 Å². The lowest BCUT2D eigenvalue weighted by Gasteiger charge is -2.22. The second kappa shape index (κ2) is 4.46. The monoisotopic (exact) mass is 399 g/mol. The lowest BCUT2D eigenvalue weighted by atomic mass is 10.1. The molecule has 2 aliphatic heterocycles. The van der Waals surface area contributed by atoms with E-state index < -0.39 is 0 Å². The quantitative estimate of drug-likeness (QED) is 0.637. The Morgan fingerprint density at radius 2 is 2.25 bits per heavy atom. The molecule has 1 atom stereocenters. The summed E-state index contributed by atoms with van der Waals surface area (Å²) < 4.78 is 2.98. The number of fused-ring (bicyclic) bond motifs is 5. The molecule has 0 saturated carbocycles. The van der Waals surface area contributed by atoms with Crippen LogP contribution in [0.4, 0.5) is 0 Å². The minimum absolute atomic E-state index is 0.0348. The smallest absolute Gasteiger partial charge is 0.258 e. The predicted octanol–water partition coefficient (Wildman–Crippen LogP) is 3.42. The first kappa shape index (κ1) is 12.6. The van der Waals surface area contributed by atoms with Gasteiger partial charge < -0.3 is 4.90 Å². The predicted molar refractivity (Wildman–Crippen MR) is 84.3 cm³/mol. The van der Waals surface area contributed by atoms with Crippen molar-refractivity contribution < 1.29 is 4.79 Å². The van der Waals surface area contributed by atoms with Crippen molar-refractivity contribution in [3.8, 4) is 5.69 Å². The molecule has 4 rings (SSSR count). The highest BCUT2D eigenvalue weighted by molar-refractivity contribution is 14.1. The van der Waals surface area contributed by atoms with Crippen LogP contribution in [0.5, 0.6) is 0 Å². The Morgan fingerprint density at radius 3 is 3.10 bits per heavy atom. The minimum atomic E-state index is 0.0348. The van der Waals surface area contributed by atoms with Gasteiger partial charge in [0.05, 0.1) is 28.0 Å². The van der Waals surface area contributed by atoms with Gasteiger partial charge in [-0.3, -0.25) is 9.36 Å². The molecule has 0 unspecified atom stereocenters. The summed E-state index contributed by atoms with van der Waals surface area (Å²) in [5.74, 6) is 0.0348. The molecule has 2 aromatic rings. The molecule has 0 radical (unpaired) electrons. The average molecular weight is 400 g/mol. The summed E-state index contributed by atoms with van der Waals surface area (Å²) >= 11 is 8.53. The largest absolute Gasteiger partial charge is 0.330 e. The van der Waals surface area contributed by atoms with E-state index in [4.69, 9.17) is 11.6 Å². The lowest BCUT2D eigenvalue weighted by Crippen LogP contribution is -2.30. The SMILES string of the molecule is O=C1c2c(Cl)cccc2-n2cnc(I)c2[C@@H]2CCCN12. The summed E-state index contributed by atoms with van der Waals surface area (Å²) in [4.78, 5) is 19.2. The third-order valence-corrected chi connectivity index (χ3v) is 5.20. The van der Waals surface area contributed by atoms with E-state index in [1.165, 1.54) is 0 Å².